The van der Waals surface area contributed by atoms with Crippen LogP contribution in [0.3, 0.4) is 0 Å². The van der Waals surface area contributed by atoms with Crippen molar-refractivity contribution in [3.05, 3.63) is 129 Å². The summed E-state index contributed by atoms with van der Waals surface area (Å²) < 4.78 is 141. The van der Waals surface area contributed by atoms with Crippen LogP contribution in [0.1, 0.15) is 38.3 Å². The smallest absolute Gasteiger partial charge is 0.428 e. The maximum absolute atomic E-state index is 15.0. The molecule has 0 unspecified atom stereocenters. The molecule has 3 aromatic carbocycles. The summed E-state index contributed by atoms with van der Waals surface area (Å²) in [6, 6.07) is 9.22. The van der Waals surface area contributed by atoms with E-state index in [0.717, 1.165) is 18.3 Å². The molecule has 0 aliphatic heterocycles. The van der Waals surface area contributed by atoms with E-state index in [4.69, 9.17) is 11.6 Å². The molecule has 0 bridgehead atoms. The molecule has 1 amide bonds. The standard InChI is InChI=1S/C30H19ClF10N2O2/c1-15-2-3-16(8-24(15)34)13-28(25-7-5-19(31)14-42-25,18-10-20(32)12-21(11-18)45-30(40,41)27(35)36)43-26(44)17-4-6-23(33)22(9-17)29(37,38)39/h2-12,14,27H,13H2,1H3,(H,43,44)/t28-/m1/s1. The Bertz CT molecular complexity index is 1710. The maximum Gasteiger partial charge on any atom is 0.461 e. The summed E-state index contributed by atoms with van der Waals surface area (Å²) in [5.41, 5.74) is -5.22. The SMILES string of the molecule is Cc1ccc(C[C@@](NC(=O)c2ccc(F)c(C(F)(F)F)c2)(c2cc(F)cc(OC(F)(F)C(F)F)c2)c2ccc(Cl)cn2)cc1F. The van der Waals surface area contributed by atoms with Crippen LogP contribution in [-0.2, 0) is 18.1 Å². The van der Waals surface area contributed by atoms with Crippen LogP contribution in [0.15, 0.2) is 72.9 Å². The number of ether oxygens (including phenoxy) is 1. The Morgan fingerprint density at radius 3 is 2.22 bits per heavy atom. The normalized spacial score (nSPS) is 13.4. The van der Waals surface area contributed by atoms with Gasteiger partial charge >= 0.3 is 18.7 Å². The highest BCUT2D eigenvalue weighted by Gasteiger charge is 2.45. The van der Waals surface area contributed by atoms with Gasteiger partial charge in [-0.2, -0.15) is 30.7 Å². The van der Waals surface area contributed by atoms with Gasteiger partial charge in [-0.15, -0.1) is 0 Å². The first-order valence-corrected chi connectivity index (χ1v) is 13.0. The van der Waals surface area contributed by atoms with Crippen molar-refractivity contribution >= 4 is 17.5 Å². The molecule has 238 valence electrons. The molecule has 4 nitrogen and oxygen atoms in total. The number of nitrogens with zero attached hydrogens (tertiary/aromatic N) is 1. The minimum atomic E-state index is -5.21. The third-order valence-electron chi connectivity index (χ3n) is 6.60. The number of pyridine rings is 1. The molecule has 0 fully saturated rings. The van der Waals surface area contributed by atoms with E-state index in [-0.39, 0.29) is 27.9 Å². The topological polar surface area (TPSA) is 51.2 Å². The van der Waals surface area contributed by atoms with Gasteiger partial charge < -0.3 is 10.1 Å². The van der Waals surface area contributed by atoms with Crippen molar-refractivity contribution in [1.82, 2.24) is 10.3 Å². The summed E-state index contributed by atoms with van der Waals surface area (Å²) in [5.74, 6) is -6.19. The molecule has 1 heterocycles. The fourth-order valence-electron chi connectivity index (χ4n) is 4.42. The number of nitrogens with one attached hydrogen (secondary N) is 1. The van der Waals surface area contributed by atoms with Crippen molar-refractivity contribution in [3.63, 3.8) is 0 Å². The minimum Gasteiger partial charge on any atom is -0.428 e. The molecule has 4 aromatic rings. The fourth-order valence-corrected chi connectivity index (χ4v) is 4.53. The maximum atomic E-state index is 15.0. The Morgan fingerprint density at radius 1 is 0.911 bits per heavy atom. The van der Waals surface area contributed by atoms with Gasteiger partial charge in [0.2, 0.25) is 0 Å². The predicted octanol–water partition coefficient (Wildman–Crippen LogP) is 8.63. The van der Waals surface area contributed by atoms with E-state index in [2.05, 4.69) is 15.0 Å². The summed E-state index contributed by atoms with van der Waals surface area (Å²) in [4.78, 5) is 17.7. The van der Waals surface area contributed by atoms with E-state index in [9.17, 15) is 48.7 Å². The lowest BCUT2D eigenvalue weighted by Gasteiger charge is -2.36. The van der Waals surface area contributed by atoms with E-state index < -0.39 is 76.5 Å². The van der Waals surface area contributed by atoms with Crippen molar-refractivity contribution in [2.45, 2.75) is 37.6 Å². The number of hydrogen-bond acceptors (Lipinski definition) is 3. The zero-order valence-electron chi connectivity index (χ0n) is 22.6. The molecule has 0 radical (unpaired) electrons. The van der Waals surface area contributed by atoms with Gasteiger partial charge in [-0.3, -0.25) is 9.78 Å². The summed E-state index contributed by atoms with van der Waals surface area (Å²) in [6.07, 6.45) is -14.1. The highest BCUT2D eigenvalue weighted by molar-refractivity contribution is 6.30. The van der Waals surface area contributed by atoms with Crippen molar-refractivity contribution in [1.29, 1.82) is 0 Å². The molecule has 0 spiro atoms. The number of aryl methyl sites for hydroxylation is 1. The lowest BCUT2D eigenvalue weighted by Crippen LogP contribution is -2.49. The van der Waals surface area contributed by atoms with Gasteiger partial charge in [0.1, 0.15) is 28.7 Å². The third-order valence-corrected chi connectivity index (χ3v) is 6.83. The molecule has 4 rings (SSSR count). The fraction of sp³-hybridized carbons (Fsp3) is 0.200. The van der Waals surface area contributed by atoms with E-state index in [0.29, 0.717) is 24.3 Å². The van der Waals surface area contributed by atoms with Crippen molar-refractivity contribution < 1.29 is 53.4 Å². The number of hydrogen-bond donors (Lipinski definition) is 1. The Hall–Kier alpha value is -4.33. The molecular weight excluding hydrogens is 646 g/mol. The van der Waals surface area contributed by atoms with Crippen molar-refractivity contribution in [2.24, 2.45) is 0 Å². The van der Waals surface area contributed by atoms with Crippen LogP contribution in [-0.4, -0.2) is 23.4 Å². The van der Waals surface area contributed by atoms with Crippen molar-refractivity contribution in [2.75, 3.05) is 0 Å². The van der Waals surface area contributed by atoms with Gasteiger partial charge in [0.05, 0.1) is 16.3 Å². The zero-order valence-corrected chi connectivity index (χ0v) is 23.4. The highest BCUT2D eigenvalue weighted by Crippen LogP contribution is 2.38. The second-order valence-electron chi connectivity index (χ2n) is 9.81. The Kier molecular flexibility index (Phi) is 9.38. The molecule has 1 N–H and O–H groups in total. The van der Waals surface area contributed by atoms with Crippen LogP contribution >= 0.6 is 11.6 Å². The zero-order chi connectivity index (χ0) is 33.3. The summed E-state index contributed by atoms with van der Waals surface area (Å²) in [6.45, 7) is 1.43. The number of halogens is 11. The summed E-state index contributed by atoms with van der Waals surface area (Å²) in [7, 11) is 0. The van der Waals surface area contributed by atoms with E-state index in [1.807, 2.05) is 0 Å². The lowest BCUT2D eigenvalue weighted by molar-refractivity contribution is -0.253. The molecule has 45 heavy (non-hydrogen) atoms. The molecular formula is C30H19ClF10N2O2. The average molecular weight is 665 g/mol. The summed E-state index contributed by atoms with van der Waals surface area (Å²) >= 11 is 5.96. The number of carbonyl (C=O) groups is 1. The third kappa shape index (κ3) is 7.49. The van der Waals surface area contributed by atoms with Gasteiger partial charge in [-0.05, 0) is 72.1 Å². The molecule has 0 aliphatic carbocycles. The second-order valence-corrected chi connectivity index (χ2v) is 10.3. The number of carbonyl (C=O) groups excluding carboxylic acids is 1. The largest absolute Gasteiger partial charge is 0.461 e. The number of alkyl halides is 7. The molecule has 1 atom stereocenters. The first kappa shape index (κ1) is 33.6. The monoisotopic (exact) mass is 664 g/mol. The number of rotatable bonds is 9. The van der Waals surface area contributed by atoms with Gasteiger partial charge in [-0.1, -0.05) is 23.7 Å². The van der Waals surface area contributed by atoms with Gasteiger partial charge in [0.15, 0.2) is 0 Å². The van der Waals surface area contributed by atoms with E-state index >= 15 is 0 Å². The first-order chi connectivity index (χ1) is 20.9. The lowest BCUT2D eigenvalue weighted by atomic mass is 9.79. The molecule has 0 aliphatic rings. The van der Waals surface area contributed by atoms with Gasteiger partial charge in [-0.25, -0.2) is 13.2 Å². The summed E-state index contributed by atoms with van der Waals surface area (Å²) in [5, 5.41) is 2.45. The van der Waals surface area contributed by atoms with Crippen LogP contribution in [0, 0.1) is 24.4 Å². The Balaban J connectivity index is 1.99. The van der Waals surface area contributed by atoms with Crippen LogP contribution in [0.25, 0.3) is 0 Å². The number of amides is 1. The van der Waals surface area contributed by atoms with Crippen LogP contribution in [0.4, 0.5) is 43.9 Å². The highest BCUT2D eigenvalue weighted by atomic mass is 35.5. The minimum absolute atomic E-state index is 0.0496. The Morgan fingerprint density at radius 2 is 1.62 bits per heavy atom. The van der Waals surface area contributed by atoms with Crippen molar-refractivity contribution in [3.8, 4) is 5.75 Å². The molecule has 1 aromatic heterocycles. The van der Waals surface area contributed by atoms with E-state index in [1.165, 1.54) is 31.2 Å². The second kappa shape index (κ2) is 12.6. The van der Waals surface area contributed by atoms with Crippen LogP contribution in [0.5, 0.6) is 5.75 Å². The van der Waals surface area contributed by atoms with Gasteiger partial charge in [0, 0.05) is 24.2 Å². The molecule has 0 saturated heterocycles. The average Bonchev–Trinajstić information content (AvgIpc) is 2.94. The molecule has 15 heteroatoms. The van der Waals surface area contributed by atoms with E-state index in [1.54, 1.807) is 0 Å². The predicted molar refractivity (Wildman–Crippen MR) is 142 cm³/mol. The number of aromatic nitrogens is 1. The molecule has 0 saturated carbocycles. The Labute approximate surface area is 253 Å². The quantitative estimate of drug-likeness (QED) is 0.182. The van der Waals surface area contributed by atoms with Crippen LogP contribution < -0.4 is 10.1 Å². The number of benzene rings is 3. The first-order valence-electron chi connectivity index (χ1n) is 12.6. The van der Waals surface area contributed by atoms with Crippen LogP contribution in [0.2, 0.25) is 5.02 Å². The van der Waals surface area contributed by atoms with Gasteiger partial charge in [0.25, 0.3) is 5.91 Å².